The molecule has 1 aromatic carbocycles. The maximum atomic E-state index is 12.2. The Morgan fingerprint density at radius 2 is 2.06 bits per heavy atom. The van der Waals surface area contributed by atoms with Crippen LogP contribution in [0.3, 0.4) is 0 Å². The van der Waals surface area contributed by atoms with Crippen LogP contribution in [0, 0.1) is 0 Å². The lowest BCUT2D eigenvalue weighted by Gasteiger charge is -2.25. The number of rotatable bonds is 10. The number of likely N-dealkylation sites (N-methyl/N-ethyl adjacent to an activating group) is 2. The monoisotopic (exact) mass is 488 g/mol. The Hall–Kier alpha value is -4.51. The third-order valence-corrected chi connectivity index (χ3v) is 5.60. The van der Waals surface area contributed by atoms with E-state index < -0.39 is 0 Å². The lowest BCUT2D eigenvalue weighted by molar-refractivity contribution is -0.856. The number of fused-ring (bicyclic) bond motifs is 1. The fraction of sp³-hybridized carbons (Fsp3) is 0.240. The van der Waals surface area contributed by atoms with E-state index in [2.05, 4.69) is 56.1 Å². The molecular formula is C25H30N9O2+. The van der Waals surface area contributed by atoms with Crippen molar-refractivity contribution in [3.8, 4) is 11.7 Å². The molecule has 11 nitrogen and oxygen atoms in total. The Labute approximate surface area is 209 Å². The second kappa shape index (κ2) is 10.8. The topological polar surface area (TPSA) is 115 Å². The molecule has 1 amide bonds. The van der Waals surface area contributed by atoms with E-state index in [1.165, 1.54) is 17.3 Å². The number of aromatic nitrogens is 5. The van der Waals surface area contributed by atoms with Crippen LogP contribution in [0.4, 0.5) is 23.0 Å². The number of amides is 1. The summed E-state index contributed by atoms with van der Waals surface area (Å²) >= 11 is 0. The van der Waals surface area contributed by atoms with Crippen LogP contribution < -0.4 is 25.2 Å². The zero-order valence-corrected chi connectivity index (χ0v) is 20.8. The average molecular weight is 489 g/mol. The van der Waals surface area contributed by atoms with E-state index in [-0.39, 0.29) is 5.91 Å². The van der Waals surface area contributed by atoms with Crippen molar-refractivity contribution in [3.63, 3.8) is 0 Å². The van der Waals surface area contributed by atoms with Gasteiger partial charge in [0, 0.05) is 25.5 Å². The standard InChI is InChI=1S/C25H29N9O2/c1-6-23(35)29-18-14-19(22(36-5)15-21(18)33(4)13-12-32(2)3)30-24-27-16-28-25(31-24)34-11-9-17-20(34)8-7-10-26-17/h6-11,14-16H,1,12-13H2,2-5H3,(H,29,35)(H,27,28,30,31)/p+1. The van der Waals surface area contributed by atoms with Gasteiger partial charge >= 0.3 is 0 Å². The molecule has 0 spiro atoms. The molecule has 0 radical (unpaired) electrons. The summed E-state index contributed by atoms with van der Waals surface area (Å²) in [6, 6.07) is 9.38. The van der Waals surface area contributed by atoms with E-state index in [0.29, 0.717) is 29.0 Å². The predicted molar refractivity (Wildman–Crippen MR) is 141 cm³/mol. The van der Waals surface area contributed by atoms with Gasteiger partial charge in [-0.1, -0.05) is 6.58 Å². The lowest BCUT2D eigenvalue weighted by atomic mass is 10.2. The van der Waals surface area contributed by atoms with Gasteiger partial charge in [0.25, 0.3) is 0 Å². The van der Waals surface area contributed by atoms with Gasteiger partial charge in [0.2, 0.25) is 17.8 Å². The van der Waals surface area contributed by atoms with Gasteiger partial charge in [-0.05, 0) is 30.3 Å². The van der Waals surface area contributed by atoms with Gasteiger partial charge in [0.15, 0.2) is 0 Å². The van der Waals surface area contributed by atoms with Gasteiger partial charge in [0.1, 0.15) is 12.1 Å². The normalized spacial score (nSPS) is 10.9. The molecule has 0 unspecified atom stereocenters. The number of hydrogen-bond donors (Lipinski definition) is 3. The summed E-state index contributed by atoms with van der Waals surface area (Å²) in [5, 5.41) is 6.10. The summed E-state index contributed by atoms with van der Waals surface area (Å²) in [7, 11) is 7.76. The van der Waals surface area contributed by atoms with Gasteiger partial charge < -0.3 is 25.2 Å². The summed E-state index contributed by atoms with van der Waals surface area (Å²) in [6.45, 7) is 5.27. The van der Waals surface area contributed by atoms with Crippen LogP contribution in [0.25, 0.3) is 17.0 Å². The molecule has 36 heavy (non-hydrogen) atoms. The molecular weight excluding hydrogens is 458 g/mol. The number of carbonyl (C=O) groups is 1. The number of carbonyl (C=O) groups excluding carboxylic acids is 1. The van der Waals surface area contributed by atoms with E-state index >= 15 is 0 Å². The van der Waals surface area contributed by atoms with Crippen molar-refractivity contribution in [2.75, 3.05) is 56.9 Å². The van der Waals surface area contributed by atoms with Crippen LogP contribution in [0.15, 0.2) is 61.7 Å². The first-order chi connectivity index (χ1) is 17.4. The van der Waals surface area contributed by atoms with Gasteiger partial charge in [-0.3, -0.25) is 14.3 Å². The highest BCUT2D eigenvalue weighted by molar-refractivity contribution is 6.02. The maximum absolute atomic E-state index is 12.2. The molecule has 3 heterocycles. The van der Waals surface area contributed by atoms with Gasteiger partial charge in [-0.2, -0.15) is 4.98 Å². The molecule has 3 N–H and O–H groups in total. The number of benzene rings is 1. The van der Waals surface area contributed by atoms with E-state index in [9.17, 15) is 4.79 Å². The Kier molecular flexibility index (Phi) is 7.40. The molecule has 3 aromatic heterocycles. The molecule has 0 aliphatic carbocycles. The van der Waals surface area contributed by atoms with E-state index in [4.69, 9.17) is 4.74 Å². The smallest absolute Gasteiger partial charge is 0.247 e. The van der Waals surface area contributed by atoms with Crippen molar-refractivity contribution in [1.29, 1.82) is 0 Å². The van der Waals surface area contributed by atoms with E-state index in [1.54, 1.807) is 19.4 Å². The first-order valence-corrected chi connectivity index (χ1v) is 11.4. The third-order valence-electron chi connectivity index (χ3n) is 5.60. The second-order valence-corrected chi connectivity index (χ2v) is 8.47. The van der Waals surface area contributed by atoms with Crippen molar-refractivity contribution >= 4 is 40.0 Å². The summed E-state index contributed by atoms with van der Waals surface area (Å²) in [5.41, 5.74) is 3.73. The quantitative estimate of drug-likeness (QED) is 0.289. The number of ether oxygens (including phenoxy) is 1. The van der Waals surface area contributed by atoms with Crippen molar-refractivity contribution in [2.24, 2.45) is 0 Å². The highest BCUT2D eigenvalue weighted by Gasteiger charge is 2.17. The molecule has 0 aliphatic heterocycles. The van der Waals surface area contributed by atoms with Crippen LogP contribution in [0.2, 0.25) is 0 Å². The minimum Gasteiger partial charge on any atom is -0.494 e. The maximum Gasteiger partial charge on any atom is 0.247 e. The minimum atomic E-state index is -0.311. The fourth-order valence-electron chi connectivity index (χ4n) is 3.67. The molecule has 0 fully saturated rings. The van der Waals surface area contributed by atoms with Crippen molar-refractivity contribution in [2.45, 2.75) is 0 Å². The zero-order valence-electron chi connectivity index (χ0n) is 20.8. The van der Waals surface area contributed by atoms with E-state index in [0.717, 1.165) is 29.8 Å². The van der Waals surface area contributed by atoms with Gasteiger partial charge in [-0.25, -0.2) is 9.97 Å². The van der Waals surface area contributed by atoms with Crippen LogP contribution in [-0.2, 0) is 4.79 Å². The molecule has 11 heteroatoms. The molecule has 4 rings (SSSR count). The number of pyridine rings is 1. The van der Waals surface area contributed by atoms with Gasteiger partial charge in [-0.15, -0.1) is 0 Å². The van der Waals surface area contributed by atoms with Crippen LogP contribution in [0.5, 0.6) is 5.75 Å². The SMILES string of the molecule is C=CC(=O)Nc1cc(Nc2ncnc(-n3ccc4ncccc43)n2)c(OC)cc1N(C)CC[NH+](C)C. The Balaban J connectivity index is 1.69. The summed E-state index contributed by atoms with van der Waals surface area (Å²) in [5.74, 6) is 1.03. The highest BCUT2D eigenvalue weighted by atomic mass is 16.5. The van der Waals surface area contributed by atoms with Crippen LogP contribution >= 0.6 is 0 Å². The zero-order chi connectivity index (χ0) is 25.7. The Bertz CT molecular complexity index is 1380. The second-order valence-electron chi connectivity index (χ2n) is 8.47. The Morgan fingerprint density at radius 1 is 1.22 bits per heavy atom. The van der Waals surface area contributed by atoms with Crippen LogP contribution in [0.1, 0.15) is 0 Å². The molecule has 4 aromatic rings. The molecule has 0 atom stereocenters. The summed E-state index contributed by atoms with van der Waals surface area (Å²) in [4.78, 5) is 33.1. The van der Waals surface area contributed by atoms with Crippen molar-refractivity contribution < 1.29 is 14.4 Å². The molecule has 186 valence electrons. The molecule has 0 bridgehead atoms. The van der Waals surface area contributed by atoms with Crippen LogP contribution in [-0.4, -0.2) is 71.8 Å². The Morgan fingerprint density at radius 3 is 2.81 bits per heavy atom. The molecule has 0 saturated heterocycles. The first kappa shape index (κ1) is 24.6. The summed E-state index contributed by atoms with van der Waals surface area (Å²) in [6.07, 6.45) is 6.27. The first-order valence-electron chi connectivity index (χ1n) is 11.4. The van der Waals surface area contributed by atoms with Gasteiger partial charge in [0.05, 0.1) is 62.4 Å². The average Bonchev–Trinajstić information content (AvgIpc) is 3.32. The fourth-order valence-corrected chi connectivity index (χ4v) is 3.67. The minimum absolute atomic E-state index is 0.311. The number of quaternary nitrogens is 1. The number of nitrogens with zero attached hydrogens (tertiary/aromatic N) is 6. The highest BCUT2D eigenvalue weighted by Crippen LogP contribution is 2.37. The molecule has 0 aliphatic rings. The predicted octanol–water partition coefficient (Wildman–Crippen LogP) is 1.67. The van der Waals surface area contributed by atoms with E-state index in [1.807, 2.05) is 42.1 Å². The lowest BCUT2D eigenvalue weighted by Crippen LogP contribution is -3.06. The number of anilines is 4. The number of methoxy groups -OCH3 is 1. The largest absolute Gasteiger partial charge is 0.494 e. The summed E-state index contributed by atoms with van der Waals surface area (Å²) < 4.78 is 7.51. The van der Waals surface area contributed by atoms with Crippen molar-refractivity contribution in [3.05, 3.63) is 61.7 Å². The number of nitrogens with one attached hydrogen (secondary N) is 3. The third kappa shape index (κ3) is 5.41. The number of hydrogen-bond acceptors (Lipinski definition) is 8. The van der Waals surface area contributed by atoms with Crippen molar-refractivity contribution in [1.82, 2.24) is 24.5 Å². The molecule has 0 saturated carbocycles.